The highest BCUT2D eigenvalue weighted by molar-refractivity contribution is 6.26. The Kier molecular flexibility index (Phi) is 6.13. The number of furan rings is 1. The lowest BCUT2D eigenvalue weighted by atomic mass is 9.70. The van der Waals surface area contributed by atoms with Gasteiger partial charge >= 0.3 is 0 Å². The molecular formula is C55H33NO. The average molecular weight is 724 g/mol. The molecule has 2 nitrogen and oxygen atoms in total. The molecule has 0 saturated carbocycles. The highest BCUT2D eigenvalue weighted by Gasteiger charge is 2.52. The van der Waals surface area contributed by atoms with Crippen LogP contribution in [0.2, 0.25) is 0 Å². The van der Waals surface area contributed by atoms with Crippen molar-refractivity contribution in [3.05, 3.63) is 222 Å². The Labute approximate surface area is 329 Å². The van der Waals surface area contributed by atoms with E-state index in [-0.39, 0.29) is 0 Å². The molecule has 264 valence electrons. The quantitative estimate of drug-likeness (QED) is 0.169. The van der Waals surface area contributed by atoms with Crippen molar-refractivity contribution in [3.8, 4) is 22.3 Å². The minimum atomic E-state index is -0.526. The fraction of sp³-hybridized carbons (Fsp3) is 0.0182. The molecule has 13 rings (SSSR count). The molecule has 2 aliphatic rings. The maximum Gasteiger partial charge on any atom is 0.143 e. The summed E-state index contributed by atoms with van der Waals surface area (Å²) in [5.41, 5.74) is 14.9. The van der Waals surface area contributed by atoms with Crippen LogP contribution in [0.4, 0.5) is 17.1 Å². The first-order valence-electron chi connectivity index (χ1n) is 19.8. The van der Waals surface area contributed by atoms with Crippen molar-refractivity contribution in [2.24, 2.45) is 0 Å². The van der Waals surface area contributed by atoms with Gasteiger partial charge in [-0.05, 0) is 114 Å². The minimum Gasteiger partial charge on any atom is -0.455 e. The molecule has 0 saturated heterocycles. The molecule has 0 fully saturated rings. The molecule has 0 N–H and O–H groups in total. The molecule has 0 radical (unpaired) electrons. The molecule has 57 heavy (non-hydrogen) atoms. The lowest BCUT2D eigenvalue weighted by molar-refractivity contribution is 0.669. The second kappa shape index (κ2) is 11.3. The zero-order valence-electron chi connectivity index (χ0n) is 30.9. The molecule has 2 heteroatoms. The summed E-state index contributed by atoms with van der Waals surface area (Å²) in [4.78, 5) is 2.44. The van der Waals surface area contributed by atoms with Crippen LogP contribution in [0, 0.1) is 0 Å². The van der Waals surface area contributed by atoms with Crippen LogP contribution in [0.5, 0.6) is 0 Å². The normalized spacial score (nSPS) is 15.1. The summed E-state index contributed by atoms with van der Waals surface area (Å²) < 4.78 is 6.79. The van der Waals surface area contributed by atoms with Crippen LogP contribution in [0.1, 0.15) is 22.3 Å². The van der Waals surface area contributed by atoms with Gasteiger partial charge in [0.15, 0.2) is 0 Å². The van der Waals surface area contributed by atoms with Crippen molar-refractivity contribution < 1.29 is 4.42 Å². The second-order valence-corrected chi connectivity index (χ2v) is 15.5. The van der Waals surface area contributed by atoms with E-state index in [2.05, 4.69) is 205 Å². The van der Waals surface area contributed by atoms with E-state index in [1.165, 1.54) is 76.8 Å². The largest absolute Gasteiger partial charge is 0.455 e. The van der Waals surface area contributed by atoms with Gasteiger partial charge in [0, 0.05) is 33.4 Å². The Balaban J connectivity index is 1.10. The third kappa shape index (κ3) is 3.99. The number of rotatable bonds is 3. The van der Waals surface area contributed by atoms with Gasteiger partial charge in [-0.25, -0.2) is 0 Å². The molecule has 11 aromatic rings. The predicted octanol–water partition coefficient (Wildman–Crippen LogP) is 14.9. The van der Waals surface area contributed by atoms with Gasteiger partial charge in [-0.2, -0.15) is 0 Å². The molecule has 1 spiro atoms. The van der Waals surface area contributed by atoms with Gasteiger partial charge in [0.1, 0.15) is 11.2 Å². The molecular weight excluding hydrogens is 691 g/mol. The standard InChI is InChI=1S/C55H33NO/c1-2-14-34(15-3-1)56(35-26-28-41-39-18-5-4-16-37(39)38-17-6-7-19-40(38)47(41)32-35)36-27-29-43-42-20-8-11-23-48(42)55(51(43)33-36)49-24-12-9-22-46(49)53-50(55)31-30-45-44-21-10-13-25-52(44)57-54(45)53/h1-33H. The maximum atomic E-state index is 6.79. The fourth-order valence-electron chi connectivity index (χ4n) is 10.6. The fourth-order valence-corrected chi connectivity index (χ4v) is 10.6. The molecule has 1 aromatic heterocycles. The summed E-state index contributed by atoms with van der Waals surface area (Å²) in [5.74, 6) is 0. The number of hydrogen-bond donors (Lipinski definition) is 0. The summed E-state index contributed by atoms with van der Waals surface area (Å²) in [7, 11) is 0. The highest BCUT2D eigenvalue weighted by atomic mass is 16.3. The second-order valence-electron chi connectivity index (χ2n) is 15.5. The van der Waals surface area contributed by atoms with Crippen molar-refractivity contribution >= 4 is 71.3 Å². The van der Waals surface area contributed by atoms with E-state index in [4.69, 9.17) is 4.42 Å². The smallest absolute Gasteiger partial charge is 0.143 e. The Morgan fingerprint density at radius 2 is 0.842 bits per heavy atom. The van der Waals surface area contributed by atoms with E-state index in [1.54, 1.807) is 0 Å². The Morgan fingerprint density at radius 3 is 1.60 bits per heavy atom. The molecule has 1 atom stereocenters. The highest BCUT2D eigenvalue weighted by Crippen LogP contribution is 2.64. The van der Waals surface area contributed by atoms with Gasteiger partial charge in [0.2, 0.25) is 0 Å². The van der Waals surface area contributed by atoms with Crippen LogP contribution < -0.4 is 4.90 Å². The number of para-hydroxylation sites is 2. The van der Waals surface area contributed by atoms with E-state index in [0.717, 1.165) is 39.0 Å². The molecule has 1 unspecified atom stereocenters. The summed E-state index contributed by atoms with van der Waals surface area (Å²) >= 11 is 0. The van der Waals surface area contributed by atoms with Crippen LogP contribution in [0.15, 0.2) is 205 Å². The van der Waals surface area contributed by atoms with Gasteiger partial charge in [0.25, 0.3) is 0 Å². The van der Waals surface area contributed by atoms with Crippen LogP contribution in [-0.4, -0.2) is 0 Å². The van der Waals surface area contributed by atoms with Crippen LogP contribution in [0.3, 0.4) is 0 Å². The zero-order valence-corrected chi connectivity index (χ0v) is 30.9. The number of benzene rings is 10. The van der Waals surface area contributed by atoms with Gasteiger partial charge in [0.05, 0.1) is 5.41 Å². The van der Waals surface area contributed by atoms with Gasteiger partial charge in [-0.15, -0.1) is 0 Å². The van der Waals surface area contributed by atoms with Gasteiger partial charge in [-0.1, -0.05) is 158 Å². The van der Waals surface area contributed by atoms with Crippen molar-refractivity contribution in [1.29, 1.82) is 0 Å². The lowest BCUT2D eigenvalue weighted by Crippen LogP contribution is -2.26. The third-order valence-electron chi connectivity index (χ3n) is 12.8. The van der Waals surface area contributed by atoms with Crippen LogP contribution in [0.25, 0.3) is 76.5 Å². The molecule has 2 aliphatic carbocycles. The van der Waals surface area contributed by atoms with E-state index < -0.39 is 5.41 Å². The van der Waals surface area contributed by atoms with Crippen molar-refractivity contribution in [3.63, 3.8) is 0 Å². The van der Waals surface area contributed by atoms with E-state index >= 15 is 0 Å². The van der Waals surface area contributed by atoms with Gasteiger partial charge in [-0.3, -0.25) is 0 Å². The number of fused-ring (bicyclic) bond motifs is 20. The summed E-state index contributed by atoms with van der Waals surface area (Å²) in [6.45, 7) is 0. The first-order chi connectivity index (χ1) is 28.3. The van der Waals surface area contributed by atoms with Crippen molar-refractivity contribution in [2.45, 2.75) is 5.41 Å². The Morgan fingerprint density at radius 1 is 0.316 bits per heavy atom. The molecule has 10 aromatic carbocycles. The Bertz CT molecular complexity index is 3450. The summed E-state index contributed by atoms with van der Waals surface area (Å²) in [6.07, 6.45) is 0. The summed E-state index contributed by atoms with van der Waals surface area (Å²) in [5, 5.41) is 9.93. The molecule has 1 heterocycles. The number of anilines is 3. The van der Waals surface area contributed by atoms with Crippen molar-refractivity contribution in [2.75, 3.05) is 4.90 Å². The molecule has 0 aliphatic heterocycles. The first kappa shape index (κ1) is 30.9. The molecule has 0 amide bonds. The monoisotopic (exact) mass is 723 g/mol. The van der Waals surface area contributed by atoms with Crippen molar-refractivity contribution in [1.82, 2.24) is 0 Å². The van der Waals surface area contributed by atoms with E-state index in [9.17, 15) is 0 Å². The Hall–Kier alpha value is -7.42. The van der Waals surface area contributed by atoms with Crippen LogP contribution >= 0.6 is 0 Å². The maximum absolute atomic E-state index is 6.79. The average Bonchev–Trinajstić information content (AvgIpc) is 3.91. The summed E-state index contributed by atoms with van der Waals surface area (Å²) in [6, 6.07) is 73.7. The molecule has 0 bridgehead atoms. The first-order valence-corrected chi connectivity index (χ1v) is 19.8. The SMILES string of the molecule is c1ccc(N(c2ccc3c(c2)C2(c4ccccc4-3)c3ccccc3-c3c2ccc2c3oc3ccccc32)c2ccc3c4ccccc4c4ccccc4c3c2)cc1. The predicted molar refractivity (Wildman–Crippen MR) is 237 cm³/mol. The number of nitrogens with zero attached hydrogens (tertiary/aromatic N) is 1. The van der Waals surface area contributed by atoms with Gasteiger partial charge < -0.3 is 9.32 Å². The zero-order chi connectivity index (χ0) is 37.2. The van der Waals surface area contributed by atoms with Crippen LogP contribution in [-0.2, 0) is 5.41 Å². The van der Waals surface area contributed by atoms with E-state index in [0.29, 0.717) is 0 Å². The topological polar surface area (TPSA) is 16.4 Å². The lowest BCUT2D eigenvalue weighted by Gasteiger charge is -2.32. The number of hydrogen-bond acceptors (Lipinski definition) is 2. The van der Waals surface area contributed by atoms with E-state index in [1.807, 2.05) is 0 Å². The minimum absolute atomic E-state index is 0.526. The third-order valence-corrected chi connectivity index (χ3v) is 12.8.